The van der Waals surface area contributed by atoms with Crippen LogP contribution in [0.4, 0.5) is 0 Å². The molecule has 2 saturated heterocycles. The lowest BCUT2D eigenvalue weighted by Crippen LogP contribution is -2.62. The van der Waals surface area contributed by atoms with Crippen LogP contribution in [0.25, 0.3) is 0 Å². The summed E-state index contributed by atoms with van der Waals surface area (Å²) in [7, 11) is 0. The third kappa shape index (κ3) is 2.10. The van der Waals surface area contributed by atoms with Gasteiger partial charge in [-0.2, -0.15) is 0 Å². The Morgan fingerprint density at radius 1 is 0.857 bits per heavy atom. The average molecular weight is 197 g/mol. The number of hydrogen-bond donors (Lipinski definition) is 0. The van der Waals surface area contributed by atoms with Crippen LogP contribution >= 0.6 is 0 Å². The molecule has 2 heterocycles. The van der Waals surface area contributed by atoms with Gasteiger partial charge in [0.25, 0.3) is 0 Å². The van der Waals surface area contributed by atoms with Crippen molar-refractivity contribution < 1.29 is 0 Å². The molecule has 3 heteroatoms. The predicted octanol–water partition coefficient (Wildman–Crippen LogP) is 0.328. The van der Waals surface area contributed by atoms with E-state index in [-0.39, 0.29) is 0 Å². The normalized spacial score (nSPS) is 27.9. The van der Waals surface area contributed by atoms with Gasteiger partial charge >= 0.3 is 0 Å². The molecule has 0 radical (unpaired) electrons. The Balaban J connectivity index is 1.69. The van der Waals surface area contributed by atoms with Crippen molar-refractivity contribution in [1.29, 1.82) is 0 Å². The molecule has 0 N–H and O–H groups in total. The van der Waals surface area contributed by atoms with Crippen molar-refractivity contribution in [2.75, 3.05) is 52.4 Å². The van der Waals surface area contributed by atoms with Crippen molar-refractivity contribution in [3.05, 3.63) is 0 Å². The van der Waals surface area contributed by atoms with Gasteiger partial charge in [0, 0.05) is 45.3 Å². The molecule has 2 rings (SSSR count). The van der Waals surface area contributed by atoms with E-state index in [9.17, 15) is 0 Å². The first-order valence-corrected chi connectivity index (χ1v) is 6.02. The summed E-state index contributed by atoms with van der Waals surface area (Å²) in [5.41, 5.74) is 0. The molecular weight excluding hydrogens is 174 g/mol. The number of likely N-dealkylation sites (N-methyl/N-ethyl adjacent to an activating group) is 2. The Kier molecular flexibility index (Phi) is 3.42. The van der Waals surface area contributed by atoms with Gasteiger partial charge in [-0.3, -0.25) is 4.90 Å². The number of nitrogens with zero attached hydrogens (tertiary/aromatic N) is 3. The minimum atomic E-state index is 0.869. The van der Waals surface area contributed by atoms with Crippen molar-refractivity contribution in [3.8, 4) is 0 Å². The van der Waals surface area contributed by atoms with Gasteiger partial charge in [0.15, 0.2) is 0 Å². The van der Waals surface area contributed by atoms with Gasteiger partial charge in [-0.15, -0.1) is 0 Å². The van der Waals surface area contributed by atoms with Gasteiger partial charge in [0.2, 0.25) is 0 Å². The first kappa shape index (κ1) is 10.4. The fourth-order valence-corrected chi connectivity index (χ4v) is 2.48. The highest BCUT2D eigenvalue weighted by Crippen LogP contribution is 2.16. The van der Waals surface area contributed by atoms with Crippen LogP contribution in [0.5, 0.6) is 0 Å². The van der Waals surface area contributed by atoms with Crippen LogP contribution in [0, 0.1) is 0 Å². The number of piperazine rings is 1. The summed E-state index contributed by atoms with van der Waals surface area (Å²) in [6.07, 6.45) is 0. The Morgan fingerprint density at radius 3 is 1.93 bits per heavy atom. The average Bonchev–Trinajstić information content (AvgIpc) is 2.17. The third-order valence-corrected chi connectivity index (χ3v) is 3.76. The second-order valence-corrected chi connectivity index (χ2v) is 4.48. The molecule has 82 valence electrons. The highest BCUT2D eigenvalue weighted by molar-refractivity contribution is 4.89. The summed E-state index contributed by atoms with van der Waals surface area (Å²) in [4.78, 5) is 7.75. The van der Waals surface area contributed by atoms with Crippen LogP contribution in [0.15, 0.2) is 0 Å². The quantitative estimate of drug-likeness (QED) is 0.645. The van der Waals surface area contributed by atoms with E-state index < -0.39 is 0 Å². The molecule has 0 aromatic rings. The van der Waals surface area contributed by atoms with Crippen molar-refractivity contribution in [3.63, 3.8) is 0 Å². The van der Waals surface area contributed by atoms with Crippen LogP contribution in [-0.2, 0) is 0 Å². The molecule has 14 heavy (non-hydrogen) atoms. The van der Waals surface area contributed by atoms with E-state index in [1.165, 1.54) is 52.4 Å². The molecule has 0 spiro atoms. The molecule has 0 unspecified atom stereocenters. The molecule has 2 fully saturated rings. The van der Waals surface area contributed by atoms with E-state index >= 15 is 0 Å². The van der Waals surface area contributed by atoms with Gasteiger partial charge in [-0.25, -0.2) is 0 Å². The maximum absolute atomic E-state index is 2.68. The molecule has 3 nitrogen and oxygen atoms in total. The minimum absolute atomic E-state index is 0.869. The van der Waals surface area contributed by atoms with E-state index in [0.29, 0.717) is 0 Å². The van der Waals surface area contributed by atoms with E-state index in [2.05, 4.69) is 28.5 Å². The smallest absolute Gasteiger partial charge is 0.0351 e. The zero-order chi connectivity index (χ0) is 9.97. The lowest BCUT2D eigenvalue weighted by molar-refractivity contribution is 0.00883. The monoisotopic (exact) mass is 197 g/mol. The zero-order valence-electron chi connectivity index (χ0n) is 9.58. The molecule has 0 aromatic heterocycles. The van der Waals surface area contributed by atoms with Crippen molar-refractivity contribution in [1.82, 2.24) is 14.7 Å². The van der Waals surface area contributed by atoms with E-state index in [4.69, 9.17) is 0 Å². The minimum Gasteiger partial charge on any atom is -0.301 e. The summed E-state index contributed by atoms with van der Waals surface area (Å²) in [5.74, 6) is 0. The highest BCUT2D eigenvalue weighted by atomic mass is 15.3. The van der Waals surface area contributed by atoms with Crippen LogP contribution < -0.4 is 0 Å². The molecule has 0 aliphatic carbocycles. The van der Waals surface area contributed by atoms with Gasteiger partial charge in [-0.1, -0.05) is 13.8 Å². The molecule has 0 aromatic carbocycles. The third-order valence-electron chi connectivity index (χ3n) is 3.76. The second-order valence-electron chi connectivity index (χ2n) is 4.48. The van der Waals surface area contributed by atoms with E-state index in [1.54, 1.807) is 0 Å². The van der Waals surface area contributed by atoms with Crippen molar-refractivity contribution in [2.24, 2.45) is 0 Å². The molecule has 0 bridgehead atoms. The lowest BCUT2D eigenvalue weighted by atomic mass is 10.1. The fraction of sp³-hybridized carbons (Fsp3) is 1.00. The standard InChI is InChI=1S/C11H23N3/c1-3-12-5-7-14(8-6-12)11-9-13(4-2)10-11/h11H,3-10H2,1-2H3. The molecule has 2 aliphatic rings. The largest absolute Gasteiger partial charge is 0.301 e. The van der Waals surface area contributed by atoms with Crippen molar-refractivity contribution in [2.45, 2.75) is 19.9 Å². The predicted molar refractivity (Wildman–Crippen MR) is 59.6 cm³/mol. The molecule has 0 saturated carbocycles. The fourth-order valence-electron chi connectivity index (χ4n) is 2.48. The maximum Gasteiger partial charge on any atom is 0.0351 e. The Bertz CT molecular complexity index is 169. The van der Waals surface area contributed by atoms with Gasteiger partial charge in [0.1, 0.15) is 0 Å². The van der Waals surface area contributed by atoms with Crippen LogP contribution in [0.1, 0.15) is 13.8 Å². The Labute approximate surface area is 87.7 Å². The topological polar surface area (TPSA) is 9.72 Å². The van der Waals surface area contributed by atoms with Gasteiger partial charge < -0.3 is 9.80 Å². The summed E-state index contributed by atoms with van der Waals surface area (Å²) in [6, 6.07) is 0.869. The van der Waals surface area contributed by atoms with E-state index in [0.717, 1.165) is 6.04 Å². The molecule has 2 aliphatic heterocycles. The Morgan fingerprint density at radius 2 is 1.43 bits per heavy atom. The number of hydrogen-bond acceptors (Lipinski definition) is 3. The van der Waals surface area contributed by atoms with Crippen LogP contribution in [-0.4, -0.2) is 73.1 Å². The second kappa shape index (κ2) is 4.60. The lowest BCUT2D eigenvalue weighted by Gasteiger charge is -2.47. The summed E-state index contributed by atoms with van der Waals surface area (Å²) < 4.78 is 0. The Hall–Kier alpha value is -0.120. The maximum atomic E-state index is 2.68. The molecular formula is C11H23N3. The summed E-state index contributed by atoms with van der Waals surface area (Å²) >= 11 is 0. The highest BCUT2D eigenvalue weighted by Gasteiger charge is 2.31. The number of rotatable bonds is 3. The van der Waals surface area contributed by atoms with E-state index in [1.807, 2.05) is 0 Å². The summed E-state index contributed by atoms with van der Waals surface area (Å²) in [6.45, 7) is 14.7. The van der Waals surface area contributed by atoms with Crippen LogP contribution in [0.2, 0.25) is 0 Å². The molecule has 0 amide bonds. The van der Waals surface area contributed by atoms with Crippen molar-refractivity contribution >= 4 is 0 Å². The first-order chi connectivity index (χ1) is 6.83. The van der Waals surface area contributed by atoms with Crippen LogP contribution in [0.3, 0.4) is 0 Å². The first-order valence-electron chi connectivity index (χ1n) is 6.02. The molecule has 0 atom stereocenters. The van der Waals surface area contributed by atoms with Gasteiger partial charge in [-0.05, 0) is 13.1 Å². The summed E-state index contributed by atoms with van der Waals surface area (Å²) in [5, 5.41) is 0. The SMILES string of the molecule is CCN1CCN(C2CN(CC)C2)CC1. The van der Waals surface area contributed by atoms with Gasteiger partial charge in [0.05, 0.1) is 0 Å². The number of likely N-dealkylation sites (tertiary alicyclic amines) is 1. The zero-order valence-corrected chi connectivity index (χ0v) is 9.58.